The zero-order valence-corrected chi connectivity index (χ0v) is 20.9. The Morgan fingerprint density at radius 2 is 1.25 bits per heavy atom. The highest BCUT2D eigenvalue weighted by molar-refractivity contribution is 5.68. The van der Waals surface area contributed by atoms with Crippen molar-refractivity contribution in [3.05, 3.63) is 0 Å². The van der Waals surface area contributed by atoms with Gasteiger partial charge in [-0.2, -0.15) is 0 Å². The molecule has 10 atom stereocenters. The number of esters is 1. The molecular formula is C23H42O13. The van der Waals surface area contributed by atoms with E-state index in [4.69, 9.17) is 23.7 Å². The summed E-state index contributed by atoms with van der Waals surface area (Å²) in [5.74, 6) is -0.214. The monoisotopic (exact) mass is 526 g/mol. The van der Waals surface area contributed by atoms with Crippen molar-refractivity contribution in [2.45, 2.75) is 106 Å². The van der Waals surface area contributed by atoms with E-state index in [9.17, 15) is 35.4 Å². The van der Waals surface area contributed by atoms with E-state index in [2.05, 4.69) is 4.74 Å². The molecule has 0 spiro atoms. The van der Waals surface area contributed by atoms with Crippen LogP contribution >= 0.6 is 0 Å². The minimum atomic E-state index is -1.53. The van der Waals surface area contributed by atoms with Gasteiger partial charge in [-0.15, -0.1) is 0 Å². The van der Waals surface area contributed by atoms with E-state index in [1.165, 1.54) is 14.2 Å². The highest BCUT2D eigenvalue weighted by atomic mass is 16.8. The van der Waals surface area contributed by atoms with Crippen molar-refractivity contribution in [3.63, 3.8) is 0 Å². The molecule has 36 heavy (non-hydrogen) atoms. The Kier molecular flexibility index (Phi) is 14.0. The Morgan fingerprint density at radius 1 is 0.722 bits per heavy atom. The van der Waals surface area contributed by atoms with Gasteiger partial charge in [-0.25, -0.2) is 0 Å². The first-order valence-corrected chi connectivity index (χ1v) is 12.4. The Hall–Kier alpha value is -0.970. The van der Waals surface area contributed by atoms with Crippen molar-refractivity contribution in [1.82, 2.24) is 0 Å². The molecule has 2 fully saturated rings. The van der Waals surface area contributed by atoms with Crippen molar-refractivity contribution < 1.29 is 63.9 Å². The van der Waals surface area contributed by atoms with Crippen LogP contribution in [0.25, 0.3) is 0 Å². The minimum absolute atomic E-state index is 0.214. The molecule has 0 bridgehead atoms. The summed E-state index contributed by atoms with van der Waals surface area (Å²) in [5, 5.41) is 60.4. The van der Waals surface area contributed by atoms with Crippen molar-refractivity contribution in [1.29, 1.82) is 0 Å². The zero-order chi connectivity index (χ0) is 26.7. The van der Waals surface area contributed by atoms with Gasteiger partial charge in [0.15, 0.2) is 12.6 Å². The lowest BCUT2D eigenvalue weighted by Gasteiger charge is -2.46. The summed E-state index contributed by atoms with van der Waals surface area (Å²) in [6, 6.07) is 0. The van der Waals surface area contributed by atoms with Gasteiger partial charge in [0.2, 0.25) is 0 Å². The van der Waals surface area contributed by atoms with Crippen LogP contribution < -0.4 is 0 Å². The number of rotatable bonds is 15. The molecule has 0 aromatic rings. The summed E-state index contributed by atoms with van der Waals surface area (Å²) in [7, 11) is 2.64. The van der Waals surface area contributed by atoms with Crippen LogP contribution in [-0.2, 0) is 33.2 Å². The Morgan fingerprint density at radius 3 is 1.81 bits per heavy atom. The highest BCUT2D eigenvalue weighted by Crippen LogP contribution is 2.30. The molecule has 0 saturated carbocycles. The molecule has 2 rings (SSSR count). The average Bonchev–Trinajstić information content (AvgIpc) is 2.88. The summed E-state index contributed by atoms with van der Waals surface area (Å²) in [6.45, 7) is -0.919. The zero-order valence-electron chi connectivity index (χ0n) is 20.9. The number of carbonyl (C=O) groups is 1. The first kappa shape index (κ1) is 31.2. The predicted molar refractivity (Wildman–Crippen MR) is 121 cm³/mol. The number of unbranched alkanes of at least 4 members (excludes halogenated alkanes) is 5. The van der Waals surface area contributed by atoms with E-state index >= 15 is 0 Å². The second-order valence-electron chi connectivity index (χ2n) is 9.03. The van der Waals surface area contributed by atoms with E-state index in [1.54, 1.807) is 0 Å². The van der Waals surface area contributed by atoms with Gasteiger partial charge >= 0.3 is 5.97 Å². The van der Waals surface area contributed by atoms with Crippen molar-refractivity contribution in [3.8, 4) is 0 Å². The van der Waals surface area contributed by atoms with Gasteiger partial charge in [0.25, 0.3) is 0 Å². The van der Waals surface area contributed by atoms with E-state index in [0.29, 0.717) is 12.8 Å². The van der Waals surface area contributed by atoms with Gasteiger partial charge in [0.1, 0.15) is 48.8 Å². The molecule has 0 amide bonds. The molecule has 0 unspecified atom stereocenters. The minimum Gasteiger partial charge on any atom is -0.469 e. The Labute approximate surface area is 210 Å². The SMILES string of the molecule is COC(=O)CCCCCCCCO[C@H]1O[C@H](CO)[C@@H](O)[C@H](O)[C@H]1O[C@H]1O[C@H](CO)[C@@H](O)[C@H](O)[C@H]1OC. The lowest BCUT2D eigenvalue weighted by molar-refractivity contribution is -0.369. The van der Waals surface area contributed by atoms with Crippen molar-refractivity contribution >= 4 is 5.97 Å². The van der Waals surface area contributed by atoms with Crippen molar-refractivity contribution in [2.75, 3.05) is 34.0 Å². The number of aliphatic hydroxyl groups excluding tert-OH is 6. The molecular weight excluding hydrogens is 484 g/mol. The maximum Gasteiger partial charge on any atom is 0.305 e. The first-order chi connectivity index (χ1) is 17.3. The second kappa shape index (κ2) is 16.1. The molecule has 2 aliphatic rings. The predicted octanol–water partition coefficient (Wildman–Crippen LogP) is -1.82. The van der Waals surface area contributed by atoms with Crippen LogP contribution in [0.2, 0.25) is 0 Å². The highest BCUT2D eigenvalue weighted by Gasteiger charge is 2.51. The van der Waals surface area contributed by atoms with E-state index in [-0.39, 0.29) is 12.6 Å². The topological polar surface area (TPSA) is 194 Å². The summed E-state index contributed by atoms with van der Waals surface area (Å²) in [4.78, 5) is 11.1. The smallest absolute Gasteiger partial charge is 0.305 e. The van der Waals surface area contributed by atoms with E-state index in [0.717, 1.165) is 32.1 Å². The first-order valence-electron chi connectivity index (χ1n) is 12.4. The van der Waals surface area contributed by atoms with Gasteiger partial charge in [0.05, 0.1) is 20.3 Å². The lowest BCUT2D eigenvalue weighted by Crippen LogP contribution is -2.65. The van der Waals surface area contributed by atoms with Crippen LogP contribution in [0.15, 0.2) is 0 Å². The fourth-order valence-electron chi connectivity index (χ4n) is 4.29. The maximum absolute atomic E-state index is 11.1. The number of aliphatic hydroxyl groups is 6. The van der Waals surface area contributed by atoms with E-state index in [1.807, 2.05) is 0 Å². The largest absolute Gasteiger partial charge is 0.469 e. The number of carbonyl (C=O) groups excluding carboxylic acids is 1. The third-order valence-electron chi connectivity index (χ3n) is 6.50. The third kappa shape index (κ3) is 8.53. The quantitative estimate of drug-likeness (QED) is 0.103. The fourth-order valence-corrected chi connectivity index (χ4v) is 4.29. The van der Waals surface area contributed by atoms with Gasteiger partial charge in [-0.3, -0.25) is 4.79 Å². The Bertz CT molecular complexity index is 623. The molecule has 0 aromatic carbocycles. The normalized spacial score (nSPS) is 37.1. The number of ether oxygens (including phenoxy) is 6. The molecule has 0 radical (unpaired) electrons. The van der Waals surface area contributed by atoms with Crippen LogP contribution in [0, 0.1) is 0 Å². The second-order valence-corrected chi connectivity index (χ2v) is 9.03. The fraction of sp³-hybridized carbons (Fsp3) is 0.957. The molecule has 2 aliphatic heterocycles. The molecule has 2 heterocycles. The third-order valence-corrected chi connectivity index (χ3v) is 6.50. The molecule has 13 heteroatoms. The lowest BCUT2D eigenvalue weighted by atomic mass is 9.97. The van der Waals surface area contributed by atoms with Crippen LogP contribution in [0.1, 0.15) is 44.9 Å². The molecule has 212 valence electrons. The van der Waals surface area contributed by atoms with E-state index < -0.39 is 74.6 Å². The average molecular weight is 527 g/mol. The van der Waals surface area contributed by atoms with Crippen LogP contribution in [0.5, 0.6) is 0 Å². The number of methoxy groups -OCH3 is 2. The molecule has 13 nitrogen and oxygen atoms in total. The standard InChI is InChI=1S/C23H42O13/c1-31-15(26)9-7-5-3-4-6-8-10-33-22-21(19(30)17(28)13(11-24)34-22)36-23-20(32-2)18(29)16(27)14(12-25)35-23/h13-14,16-25,27-30H,3-12H2,1-2H3/t13-,14-,16-,17-,18+,19+,20-,21-,22+,23-/m1/s1. The summed E-state index contributed by atoms with van der Waals surface area (Å²) in [6.07, 6.45) is -7.63. The van der Waals surface area contributed by atoms with Crippen LogP contribution in [0.4, 0.5) is 0 Å². The van der Waals surface area contributed by atoms with Gasteiger partial charge in [-0.05, 0) is 12.8 Å². The molecule has 0 aromatic heterocycles. The molecule has 2 saturated heterocycles. The van der Waals surface area contributed by atoms with Crippen molar-refractivity contribution in [2.24, 2.45) is 0 Å². The molecule has 6 N–H and O–H groups in total. The molecule has 0 aliphatic carbocycles. The maximum atomic E-state index is 11.1. The van der Waals surface area contributed by atoms with Gasteiger partial charge < -0.3 is 59.1 Å². The number of hydrogen-bond donors (Lipinski definition) is 6. The van der Waals surface area contributed by atoms with Crippen LogP contribution in [0.3, 0.4) is 0 Å². The van der Waals surface area contributed by atoms with Gasteiger partial charge in [-0.1, -0.05) is 25.7 Å². The number of hydrogen-bond acceptors (Lipinski definition) is 13. The Balaban J connectivity index is 1.91. The van der Waals surface area contributed by atoms with Gasteiger partial charge in [0, 0.05) is 20.1 Å². The summed E-state index contributed by atoms with van der Waals surface area (Å²) >= 11 is 0. The van der Waals surface area contributed by atoms with Crippen LogP contribution in [-0.4, -0.2) is 132 Å². The summed E-state index contributed by atoms with van der Waals surface area (Å²) < 4.78 is 32.6. The summed E-state index contributed by atoms with van der Waals surface area (Å²) in [5.41, 5.74) is 0.